The molecule has 0 fully saturated rings. The summed E-state index contributed by atoms with van der Waals surface area (Å²) in [6.07, 6.45) is 1.49. The van der Waals surface area contributed by atoms with E-state index in [4.69, 9.17) is 11.6 Å². The van der Waals surface area contributed by atoms with Crippen LogP contribution in [-0.4, -0.2) is 39.4 Å². The Balaban J connectivity index is 2.52. The van der Waals surface area contributed by atoms with Crippen LogP contribution in [0.1, 0.15) is 17.3 Å². The van der Waals surface area contributed by atoms with Crippen LogP contribution in [0.15, 0.2) is 66.1 Å². The minimum atomic E-state index is -3.92. The highest BCUT2D eigenvalue weighted by atomic mass is 35.5. The number of rotatable bonds is 7. The lowest BCUT2D eigenvalue weighted by Crippen LogP contribution is -2.32. The van der Waals surface area contributed by atoms with E-state index in [0.29, 0.717) is 22.8 Å². The van der Waals surface area contributed by atoms with Crippen molar-refractivity contribution in [2.45, 2.75) is 11.8 Å². The van der Waals surface area contributed by atoms with E-state index >= 15 is 0 Å². The van der Waals surface area contributed by atoms with Gasteiger partial charge in [0.05, 0.1) is 22.2 Å². The highest BCUT2D eigenvalue weighted by Crippen LogP contribution is 2.30. The normalized spacial score (nSPS) is 11.0. The van der Waals surface area contributed by atoms with Gasteiger partial charge in [-0.1, -0.05) is 35.9 Å². The highest BCUT2D eigenvalue weighted by Gasteiger charge is 2.26. The molecular formula is C19H21ClN2O3S. The average Bonchev–Trinajstić information content (AvgIpc) is 2.65. The molecule has 0 spiro atoms. The SMILES string of the molecule is C=CCN(c1ccccc1Cl)S(=O)(=O)c1cccc(C(=O)N(C)CC)c1. The van der Waals surface area contributed by atoms with E-state index in [9.17, 15) is 13.2 Å². The molecule has 0 aliphatic heterocycles. The first-order chi connectivity index (χ1) is 12.3. The number of halogens is 1. The van der Waals surface area contributed by atoms with Gasteiger partial charge in [0, 0.05) is 19.2 Å². The largest absolute Gasteiger partial charge is 0.342 e. The lowest BCUT2D eigenvalue weighted by atomic mass is 10.2. The Kier molecular flexibility index (Phi) is 6.45. The van der Waals surface area contributed by atoms with Crippen molar-refractivity contribution >= 4 is 33.2 Å². The smallest absolute Gasteiger partial charge is 0.264 e. The van der Waals surface area contributed by atoms with Gasteiger partial charge >= 0.3 is 0 Å². The van der Waals surface area contributed by atoms with Crippen molar-refractivity contribution in [1.29, 1.82) is 0 Å². The van der Waals surface area contributed by atoms with Crippen LogP contribution in [-0.2, 0) is 10.0 Å². The van der Waals surface area contributed by atoms with Gasteiger partial charge in [-0.3, -0.25) is 9.10 Å². The summed E-state index contributed by atoms with van der Waals surface area (Å²) in [7, 11) is -2.26. The number of anilines is 1. The molecule has 0 aromatic heterocycles. The predicted octanol–water partition coefficient (Wildman–Crippen LogP) is 3.81. The van der Waals surface area contributed by atoms with Crippen LogP contribution in [0.2, 0.25) is 5.02 Å². The molecule has 0 heterocycles. The number of sulfonamides is 1. The third-order valence-electron chi connectivity index (χ3n) is 3.91. The second kappa shape index (κ2) is 8.38. The number of hydrogen-bond donors (Lipinski definition) is 0. The van der Waals surface area contributed by atoms with Gasteiger partial charge in [0.1, 0.15) is 0 Å². The molecule has 0 radical (unpaired) electrons. The summed E-state index contributed by atoms with van der Waals surface area (Å²) in [4.78, 5) is 13.9. The quantitative estimate of drug-likeness (QED) is 0.673. The van der Waals surface area contributed by atoms with Crippen molar-refractivity contribution in [3.8, 4) is 0 Å². The molecule has 0 saturated heterocycles. The second-order valence-corrected chi connectivity index (χ2v) is 7.89. The molecule has 1 amide bonds. The lowest BCUT2D eigenvalue weighted by Gasteiger charge is -2.24. The first kappa shape index (κ1) is 20.0. The summed E-state index contributed by atoms with van der Waals surface area (Å²) in [5.74, 6) is -0.238. The molecule has 0 saturated carbocycles. The lowest BCUT2D eigenvalue weighted by molar-refractivity contribution is 0.0802. The maximum atomic E-state index is 13.2. The Bertz CT molecular complexity index is 913. The molecule has 7 heteroatoms. The van der Waals surface area contributed by atoms with Crippen LogP contribution in [0.4, 0.5) is 5.69 Å². The van der Waals surface area contributed by atoms with Crippen molar-refractivity contribution in [3.05, 3.63) is 71.8 Å². The van der Waals surface area contributed by atoms with E-state index in [2.05, 4.69) is 6.58 Å². The number of benzene rings is 2. The average molecular weight is 393 g/mol. The standard InChI is InChI=1S/C19H21ClN2O3S/c1-4-13-22(18-12-7-6-11-17(18)20)26(24,25)16-10-8-9-15(14-16)19(23)21(3)5-2/h4,6-12,14H,1,5,13H2,2-3H3. The molecule has 0 aliphatic rings. The zero-order valence-electron chi connectivity index (χ0n) is 14.7. The molecular weight excluding hydrogens is 372 g/mol. The first-order valence-corrected chi connectivity index (χ1v) is 9.88. The summed E-state index contributed by atoms with van der Waals surface area (Å²) >= 11 is 6.19. The van der Waals surface area contributed by atoms with Crippen molar-refractivity contribution < 1.29 is 13.2 Å². The minimum absolute atomic E-state index is 0.0228. The van der Waals surface area contributed by atoms with E-state index in [1.54, 1.807) is 43.4 Å². The summed E-state index contributed by atoms with van der Waals surface area (Å²) in [5, 5.41) is 0.316. The number of hydrogen-bond acceptors (Lipinski definition) is 3. The zero-order valence-corrected chi connectivity index (χ0v) is 16.3. The molecule has 0 unspecified atom stereocenters. The van der Waals surface area contributed by atoms with Gasteiger partial charge in [-0.05, 0) is 37.3 Å². The summed E-state index contributed by atoms with van der Waals surface area (Å²) in [6.45, 7) is 6.06. The monoisotopic (exact) mass is 392 g/mol. The molecule has 26 heavy (non-hydrogen) atoms. The molecule has 0 bridgehead atoms. The van der Waals surface area contributed by atoms with E-state index in [-0.39, 0.29) is 17.3 Å². The number of nitrogens with zero attached hydrogens (tertiary/aromatic N) is 2. The summed E-state index contributed by atoms with van der Waals surface area (Å²) < 4.78 is 27.5. The first-order valence-electron chi connectivity index (χ1n) is 8.06. The van der Waals surface area contributed by atoms with E-state index in [1.807, 2.05) is 6.92 Å². The fraction of sp³-hybridized carbons (Fsp3) is 0.211. The third kappa shape index (κ3) is 4.08. The zero-order chi connectivity index (χ0) is 19.3. The Hall–Kier alpha value is -2.31. The van der Waals surface area contributed by atoms with E-state index in [0.717, 1.165) is 0 Å². The van der Waals surface area contributed by atoms with Gasteiger partial charge in [-0.15, -0.1) is 6.58 Å². The number of carbonyl (C=O) groups is 1. The molecule has 5 nitrogen and oxygen atoms in total. The van der Waals surface area contributed by atoms with Gasteiger partial charge in [-0.2, -0.15) is 0 Å². The fourth-order valence-electron chi connectivity index (χ4n) is 2.38. The topological polar surface area (TPSA) is 57.7 Å². The predicted molar refractivity (Wildman–Crippen MR) is 105 cm³/mol. The van der Waals surface area contributed by atoms with Crippen LogP contribution < -0.4 is 4.31 Å². The molecule has 2 aromatic rings. The van der Waals surface area contributed by atoms with E-state index in [1.165, 1.54) is 27.4 Å². The number of carbonyl (C=O) groups excluding carboxylic acids is 1. The molecule has 2 aromatic carbocycles. The second-order valence-electron chi connectivity index (χ2n) is 5.62. The number of para-hydroxylation sites is 1. The molecule has 0 atom stereocenters. The van der Waals surface area contributed by atoms with Crippen molar-refractivity contribution in [1.82, 2.24) is 4.90 Å². The van der Waals surface area contributed by atoms with Crippen LogP contribution in [0.25, 0.3) is 0 Å². The third-order valence-corrected chi connectivity index (χ3v) is 6.00. The van der Waals surface area contributed by atoms with Crippen LogP contribution in [0.5, 0.6) is 0 Å². The molecule has 2 rings (SSSR count). The van der Waals surface area contributed by atoms with Crippen molar-refractivity contribution in [3.63, 3.8) is 0 Å². The van der Waals surface area contributed by atoms with Gasteiger partial charge < -0.3 is 4.90 Å². The Morgan fingerprint density at radius 2 is 1.88 bits per heavy atom. The minimum Gasteiger partial charge on any atom is -0.342 e. The summed E-state index contributed by atoms with van der Waals surface area (Å²) in [5.41, 5.74) is 0.671. The van der Waals surface area contributed by atoms with Gasteiger partial charge in [-0.25, -0.2) is 8.42 Å². The van der Waals surface area contributed by atoms with E-state index < -0.39 is 10.0 Å². The Morgan fingerprint density at radius 3 is 2.50 bits per heavy atom. The Morgan fingerprint density at radius 1 is 1.19 bits per heavy atom. The molecule has 138 valence electrons. The maximum absolute atomic E-state index is 13.2. The molecule has 0 aliphatic carbocycles. The van der Waals surface area contributed by atoms with Crippen LogP contribution >= 0.6 is 11.6 Å². The highest BCUT2D eigenvalue weighted by molar-refractivity contribution is 7.92. The van der Waals surface area contributed by atoms with Crippen molar-refractivity contribution in [2.75, 3.05) is 24.4 Å². The number of amides is 1. The molecule has 0 N–H and O–H groups in total. The maximum Gasteiger partial charge on any atom is 0.264 e. The fourth-order valence-corrected chi connectivity index (χ4v) is 4.17. The van der Waals surface area contributed by atoms with Gasteiger partial charge in [0.25, 0.3) is 15.9 Å². The summed E-state index contributed by atoms with van der Waals surface area (Å²) in [6, 6.07) is 12.7. The van der Waals surface area contributed by atoms with Gasteiger partial charge in [0.15, 0.2) is 0 Å². The Labute approximate surface area is 159 Å². The van der Waals surface area contributed by atoms with Crippen LogP contribution in [0, 0.1) is 0 Å². The van der Waals surface area contributed by atoms with Crippen LogP contribution in [0.3, 0.4) is 0 Å². The van der Waals surface area contributed by atoms with Gasteiger partial charge in [0.2, 0.25) is 0 Å². The van der Waals surface area contributed by atoms with Crippen molar-refractivity contribution in [2.24, 2.45) is 0 Å².